The third-order valence-corrected chi connectivity index (χ3v) is 3.25. The number of aromatic nitrogens is 1. The molecular formula is C15H21N3O4. The van der Waals surface area contributed by atoms with Crippen LogP contribution in [0.5, 0.6) is 5.75 Å². The number of methoxy groups -OCH3 is 1. The topological polar surface area (TPSA) is 72.0 Å². The fourth-order valence-electron chi connectivity index (χ4n) is 2.05. The maximum absolute atomic E-state index is 12.2. The summed E-state index contributed by atoms with van der Waals surface area (Å²) in [6.45, 7) is 5.11. The average Bonchev–Trinajstić information content (AvgIpc) is 2.52. The van der Waals surface area contributed by atoms with Gasteiger partial charge in [0.2, 0.25) is 5.91 Å². The molecule has 1 aromatic heterocycles. The second-order valence-corrected chi connectivity index (χ2v) is 5.49. The number of carbonyl (C=O) groups excluding carboxylic acids is 2. The first-order valence-corrected chi connectivity index (χ1v) is 7.23. The van der Waals surface area contributed by atoms with E-state index in [1.165, 1.54) is 4.90 Å². The SMILES string of the molecule is COc1ccc(N2CCN(C(=O)OCC(C)C)CC2=O)nc1. The lowest BCUT2D eigenvalue weighted by molar-refractivity contribution is -0.121. The Morgan fingerprint density at radius 1 is 1.36 bits per heavy atom. The number of ether oxygens (including phenoxy) is 2. The highest BCUT2D eigenvalue weighted by Crippen LogP contribution is 2.18. The molecule has 120 valence electrons. The van der Waals surface area contributed by atoms with Crippen molar-refractivity contribution in [3.63, 3.8) is 0 Å². The Morgan fingerprint density at radius 2 is 2.14 bits per heavy atom. The molecule has 0 radical (unpaired) electrons. The number of hydrogen-bond acceptors (Lipinski definition) is 5. The molecule has 1 aromatic rings. The number of anilines is 1. The van der Waals surface area contributed by atoms with Gasteiger partial charge in [-0.1, -0.05) is 13.8 Å². The predicted molar refractivity (Wildman–Crippen MR) is 80.9 cm³/mol. The summed E-state index contributed by atoms with van der Waals surface area (Å²) in [7, 11) is 1.56. The van der Waals surface area contributed by atoms with Gasteiger partial charge in [-0.3, -0.25) is 14.6 Å². The summed E-state index contributed by atoms with van der Waals surface area (Å²) in [6.07, 6.45) is 1.12. The molecule has 7 heteroatoms. The fourth-order valence-corrected chi connectivity index (χ4v) is 2.05. The minimum Gasteiger partial charge on any atom is -0.495 e. The zero-order valence-electron chi connectivity index (χ0n) is 13.1. The van der Waals surface area contributed by atoms with Crippen LogP contribution in [-0.4, -0.2) is 55.2 Å². The van der Waals surface area contributed by atoms with Crippen LogP contribution >= 0.6 is 0 Å². The van der Waals surface area contributed by atoms with E-state index in [-0.39, 0.29) is 18.4 Å². The number of pyridine rings is 1. The van der Waals surface area contributed by atoms with Crippen LogP contribution in [0.1, 0.15) is 13.8 Å². The highest BCUT2D eigenvalue weighted by Gasteiger charge is 2.29. The van der Waals surface area contributed by atoms with Crippen LogP contribution in [0.2, 0.25) is 0 Å². The Morgan fingerprint density at radius 3 is 2.68 bits per heavy atom. The molecule has 1 fully saturated rings. The summed E-state index contributed by atoms with van der Waals surface area (Å²) >= 11 is 0. The predicted octanol–water partition coefficient (Wildman–Crippen LogP) is 1.53. The molecular weight excluding hydrogens is 286 g/mol. The molecule has 2 amide bonds. The molecule has 1 saturated heterocycles. The van der Waals surface area contributed by atoms with Crippen LogP contribution < -0.4 is 9.64 Å². The summed E-state index contributed by atoms with van der Waals surface area (Å²) in [4.78, 5) is 31.3. The van der Waals surface area contributed by atoms with Gasteiger partial charge in [0.25, 0.3) is 0 Å². The smallest absolute Gasteiger partial charge is 0.410 e. The Bertz CT molecular complexity index is 530. The largest absolute Gasteiger partial charge is 0.495 e. The monoisotopic (exact) mass is 307 g/mol. The van der Waals surface area contributed by atoms with Crippen molar-refractivity contribution >= 4 is 17.8 Å². The molecule has 0 unspecified atom stereocenters. The number of hydrogen-bond donors (Lipinski definition) is 0. The lowest BCUT2D eigenvalue weighted by Gasteiger charge is -2.33. The molecule has 0 saturated carbocycles. The van der Waals surface area contributed by atoms with Crippen LogP contribution in [0, 0.1) is 5.92 Å². The Hall–Kier alpha value is -2.31. The van der Waals surface area contributed by atoms with E-state index in [4.69, 9.17) is 9.47 Å². The first-order valence-electron chi connectivity index (χ1n) is 7.23. The first kappa shape index (κ1) is 16.1. The summed E-state index contributed by atoms with van der Waals surface area (Å²) in [5.41, 5.74) is 0. The van der Waals surface area contributed by atoms with Crippen LogP contribution in [0.15, 0.2) is 18.3 Å². The minimum absolute atomic E-state index is 0.00460. The van der Waals surface area contributed by atoms with E-state index in [0.29, 0.717) is 31.3 Å². The number of nitrogens with zero attached hydrogens (tertiary/aromatic N) is 3. The van der Waals surface area contributed by atoms with Crippen molar-refractivity contribution in [1.29, 1.82) is 0 Å². The second kappa shape index (κ2) is 7.11. The second-order valence-electron chi connectivity index (χ2n) is 5.49. The maximum atomic E-state index is 12.2. The van der Waals surface area contributed by atoms with Crippen molar-refractivity contribution in [2.24, 2.45) is 5.92 Å². The highest BCUT2D eigenvalue weighted by atomic mass is 16.6. The van der Waals surface area contributed by atoms with Gasteiger partial charge in [0.15, 0.2) is 0 Å². The molecule has 0 atom stereocenters. The molecule has 2 rings (SSSR count). The maximum Gasteiger partial charge on any atom is 0.410 e. The zero-order valence-corrected chi connectivity index (χ0v) is 13.1. The Balaban J connectivity index is 1.94. The van der Waals surface area contributed by atoms with Crippen molar-refractivity contribution in [1.82, 2.24) is 9.88 Å². The van der Waals surface area contributed by atoms with Gasteiger partial charge in [-0.2, -0.15) is 0 Å². The van der Waals surface area contributed by atoms with Crippen molar-refractivity contribution < 1.29 is 19.1 Å². The normalized spacial score (nSPS) is 15.2. The standard InChI is InChI=1S/C15H21N3O4/c1-11(2)10-22-15(20)17-6-7-18(14(19)9-17)13-5-4-12(21-3)8-16-13/h4-5,8,11H,6-7,9-10H2,1-3H3. The molecule has 0 aromatic carbocycles. The summed E-state index contributed by atoms with van der Waals surface area (Å²) in [5.74, 6) is 1.28. The molecule has 0 aliphatic carbocycles. The van der Waals surface area contributed by atoms with Crippen LogP contribution in [0.3, 0.4) is 0 Å². The average molecular weight is 307 g/mol. The number of piperazine rings is 1. The van der Waals surface area contributed by atoms with E-state index in [9.17, 15) is 9.59 Å². The van der Waals surface area contributed by atoms with Crippen molar-refractivity contribution in [3.8, 4) is 5.75 Å². The van der Waals surface area contributed by atoms with Gasteiger partial charge in [0, 0.05) is 13.1 Å². The number of rotatable bonds is 4. The van der Waals surface area contributed by atoms with Crippen molar-refractivity contribution in [2.75, 3.05) is 38.3 Å². The molecule has 7 nitrogen and oxygen atoms in total. The Kier molecular flexibility index (Phi) is 5.19. The minimum atomic E-state index is -0.440. The Labute approximate surface area is 129 Å². The fraction of sp³-hybridized carbons (Fsp3) is 0.533. The lowest BCUT2D eigenvalue weighted by Crippen LogP contribution is -2.52. The van der Waals surface area contributed by atoms with E-state index in [1.54, 1.807) is 30.3 Å². The molecule has 0 N–H and O–H groups in total. The number of carbonyl (C=O) groups is 2. The molecule has 1 aliphatic rings. The third-order valence-electron chi connectivity index (χ3n) is 3.25. The summed E-state index contributed by atoms with van der Waals surface area (Å²) < 4.78 is 10.2. The van der Waals surface area contributed by atoms with Crippen molar-refractivity contribution in [2.45, 2.75) is 13.8 Å². The van der Waals surface area contributed by atoms with E-state index in [1.807, 2.05) is 13.8 Å². The quantitative estimate of drug-likeness (QED) is 0.843. The van der Waals surface area contributed by atoms with Gasteiger partial charge in [-0.25, -0.2) is 9.78 Å². The molecule has 0 spiro atoms. The number of amides is 2. The molecule has 2 heterocycles. The van der Waals surface area contributed by atoms with Gasteiger partial charge in [0.05, 0.1) is 19.9 Å². The van der Waals surface area contributed by atoms with Crippen molar-refractivity contribution in [3.05, 3.63) is 18.3 Å². The van der Waals surface area contributed by atoms with Gasteiger partial charge in [-0.15, -0.1) is 0 Å². The highest BCUT2D eigenvalue weighted by molar-refractivity contribution is 5.96. The summed E-state index contributed by atoms with van der Waals surface area (Å²) in [6, 6.07) is 3.47. The van der Waals surface area contributed by atoms with Gasteiger partial charge in [-0.05, 0) is 18.1 Å². The molecule has 0 bridgehead atoms. The lowest BCUT2D eigenvalue weighted by atomic mass is 10.2. The molecule has 1 aliphatic heterocycles. The van der Waals surface area contributed by atoms with Crippen LogP contribution in [-0.2, 0) is 9.53 Å². The zero-order chi connectivity index (χ0) is 16.1. The van der Waals surface area contributed by atoms with Crippen LogP contribution in [0.4, 0.5) is 10.6 Å². The molecule has 22 heavy (non-hydrogen) atoms. The van der Waals surface area contributed by atoms with E-state index in [2.05, 4.69) is 4.98 Å². The first-order chi connectivity index (χ1) is 10.5. The third kappa shape index (κ3) is 3.87. The van der Waals surface area contributed by atoms with E-state index in [0.717, 1.165) is 0 Å². The summed E-state index contributed by atoms with van der Waals surface area (Å²) in [5, 5.41) is 0. The van der Waals surface area contributed by atoms with Gasteiger partial charge < -0.3 is 9.47 Å². The van der Waals surface area contributed by atoms with Gasteiger partial charge >= 0.3 is 6.09 Å². The van der Waals surface area contributed by atoms with Crippen LogP contribution in [0.25, 0.3) is 0 Å². The van der Waals surface area contributed by atoms with E-state index >= 15 is 0 Å². The van der Waals surface area contributed by atoms with Gasteiger partial charge in [0.1, 0.15) is 18.1 Å². The van der Waals surface area contributed by atoms with E-state index < -0.39 is 6.09 Å².